The monoisotopic (exact) mass is 403 g/mol. The summed E-state index contributed by atoms with van der Waals surface area (Å²) in [6.07, 6.45) is 1.65. The Morgan fingerprint density at radius 2 is 1.82 bits per heavy atom. The third-order valence-electron chi connectivity index (χ3n) is 4.91. The van der Waals surface area contributed by atoms with Crippen molar-refractivity contribution in [3.63, 3.8) is 0 Å². The minimum Gasteiger partial charge on any atom is -0.321 e. The summed E-state index contributed by atoms with van der Waals surface area (Å²) >= 11 is 0. The summed E-state index contributed by atoms with van der Waals surface area (Å²) in [7, 11) is -3.65. The van der Waals surface area contributed by atoms with Crippen LogP contribution in [0.4, 0.5) is 11.4 Å². The molecule has 0 atom stereocenters. The molecule has 1 aliphatic heterocycles. The van der Waals surface area contributed by atoms with Crippen LogP contribution >= 0.6 is 0 Å². The molecule has 0 radical (unpaired) electrons. The summed E-state index contributed by atoms with van der Waals surface area (Å²) in [5.74, 6) is -0.514. The number of carbonyl (C=O) groups excluding carboxylic acids is 1. The first-order valence-corrected chi connectivity index (χ1v) is 10.3. The number of amides is 1. The van der Waals surface area contributed by atoms with Gasteiger partial charge in [0.25, 0.3) is 11.6 Å². The zero-order valence-electron chi connectivity index (χ0n) is 15.6. The van der Waals surface area contributed by atoms with Gasteiger partial charge in [0.05, 0.1) is 21.1 Å². The van der Waals surface area contributed by atoms with Crippen LogP contribution in [0.2, 0.25) is 0 Å². The summed E-state index contributed by atoms with van der Waals surface area (Å²) < 4.78 is 27.0. The minimum atomic E-state index is -3.65. The molecule has 28 heavy (non-hydrogen) atoms. The maximum absolute atomic E-state index is 12.8. The average Bonchev–Trinajstić information content (AvgIpc) is 3.19. The highest BCUT2D eigenvalue weighted by Crippen LogP contribution is 2.27. The molecule has 1 heterocycles. The van der Waals surface area contributed by atoms with E-state index in [1.54, 1.807) is 26.0 Å². The van der Waals surface area contributed by atoms with Gasteiger partial charge in [-0.1, -0.05) is 12.1 Å². The Kier molecular flexibility index (Phi) is 5.48. The number of carbonyl (C=O) groups is 1. The van der Waals surface area contributed by atoms with E-state index in [1.807, 2.05) is 0 Å². The van der Waals surface area contributed by atoms with Gasteiger partial charge in [-0.05, 0) is 50.5 Å². The van der Waals surface area contributed by atoms with Crippen molar-refractivity contribution < 1.29 is 18.1 Å². The van der Waals surface area contributed by atoms with E-state index in [0.717, 1.165) is 12.8 Å². The molecule has 0 bridgehead atoms. The number of rotatable bonds is 5. The van der Waals surface area contributed by atoms with Crippen molar-refractivity contribution in [1.82, 2.24) is 4.31 Å². The van der Waals surface area contributed by atoms with Crippen molar-refractivity contribution >= 4 is 27.3 Å². The molecule has 1 amide bonds. The van der Waals surface area contributed by atoms with E-state index in [-0.39, 0.29) is 16.1 Å². The average molecular weight is 403 g/mol. The Morgan fingerprint density at radius 3 is 2.46 bits per heavy atom. The summed E-state index contributed by atoms with van der Waals surface area (Å²) in [5, 5.41) is 13.7. The molecular formula is C19H21N3O5S. The van der Waals surface area contributed by atoms with Crippen molar-refractivity contribution in [3.05, 3.63) is 63.2 Å². The number of benzene rings is 2. The molecule has 1 N–H and O–H groups in total. The van der Waals surface area contributed by atoms with Crippen LogP contribution in [0.5, 0.6) is 0 Å². The van der Waals surface area contributed by atoms with Crippen molar-refractivity contribution in [2.24, 2.45) is 0 Å². The quantitative estimate of drug-likeness (QED) is 0.609. The predicted octanol–water partition coefficient (Wildman–Crippen LogP) is 3.25. The van der Waals surface area contributed by atoms with Crippen LogP contribution in [0.3, 0.4) is 0 Å². The second kappa shape index (κ2) is 7.69. The summed E-state index contributed by atoms with van der Waals surface area (Å²) in [6.45, 7) is 4.21. The third kappa shape index (κ3) is 3.76. The van der Waals surface area contributed by atoms with Crippen molar-refractivity contribution in [1.29, 1.82) is 0 Å². The molecule has 0 spiro atoms. The van der Waals surface area contributed by atoms with E-state index in [9.17, 15) is 23.3 Å². The Bertz CT molecular complexity index is 1040. The predicted molar refractivity (Wildman–Crippen MR) is 105 cm³/mol. The maximum atomic E-state index is 12.8. The van der Waals surface area contributed by atoms with Crippen LogP contribution in [0, 0.1) is 24.0 Å². The first kappa shape index (κ1) is 20.0. The number of aryl methyl sites for hydroxylation is 1. The number of hydrogen-bond donors (Lipinski definition) is 1. The topological polar surface area (TPSA) is 110 Å². The lowest BCUT2D eigenvalue weighted by Gasteiger charge is -2.17. The van der Waals surface area contributed by atoms with Crippen LogP contribution in [-0.4, -0.2) is 36.6 Å². The van der Waals surface area contributed by atoms with Gasteiger partial charge >= 0.3 is 0 Å². The number of hydrogen-bond acceptors (Lipinski definition) is 5. The molecule has 0 aliphatic carbocycles. The highest BCUT2D eigenvalue weighted by Gasteiger charge is 2.28. The Morgan fingerprint density at radius 1 is 1.14 bits per heavy atom. The molecule has 0 saturated carbocycles. The van der Waals surface area contributed by atoms with Crippen LogP contribution in [0.25, 0.3) is 0 Å². The molecule has 9 heteroatoms. The smallest absolute Gasteiger partial charge is 0.274 e. The van der Waals surface area contributed by atoms with Gasteiger partial charge in [0, 0.05) is 24.7 Å². The lowest BCUT2D eigenvalue weighted by atomic mass is 10.1. The van der Waals surface area contributed by atoms with Crippen LogP contribution in [-0.2, 0) is 10.0 Å². The van der Waals surface area contributed by atoms with Crippen LogP contribution in [0.1, 0.15) is 34.3 Å². The highest BCUT2D eigenvalue weighted by atomic mass is 32.2. The molecule has 3 rings (SSSR count). The molecule has 0 aromatic heterocycles. The second-order valence-corrected chi connectivity index (χ2v) is 8.69. The van der Waals surface area contributed by atoms with Gasteiger partial charge in [-0.2, -0.15) is 4.31 Å². The van der Waals surface area contributed by atoms with E-state index in [1.165, 1.54) is 28.6 Å². The van der Waals surface area contributed by atoms with Gasteiger partial charge < -0.3 is 5.32 Å². The summed E-state index contributed by atoms with van der Waals surface area (Å²) in [5.41, 5.74) is 1.37. The number of anilines is 1. The van der Waals surface area contributed by atoms with Gasteiger partial charge in [-0.25, -0.2) is 8.42 Å². The molecule has 1 aliphatic rings. The number of nitrogens with one attached hydrogen (secondary N) is 1. The fourth-order valence-corrected chi connectivity index (χ4v) is 4.77. The maximum Gasteiger partial charge on any atom is 0.274 e. The first-order valence-electron chi connectivity index (χ1n) is 8.88. The zero-order chi connectivity index (χ0) is 20.5. The van der Waals surface area contributed by atoms with Crippen molar-refractivity contribution in [2.75, 3.05) is 18.4 Å². The lowest BCUT2D eigenvalue weighted by molar-refractivity contribution is -0.385. The second-order valence-electron chi connectivity index (χ2n) is 6.75. The van der Waals surface area contributed by atoms with Crippen molar-refractivity contribution in [3.8, 4) is 0 Å². The van der Waals surface area contributed by atoms with Gasteiger partial charge in [-0.3, -0.25) is 14.9 Å². The van der Waals surface area contributed by atoms with Gasteiger partial charge in [0.2, 0.25) is 10.0 Å². The van der Waals surface area contributed by atoms with Crippen molar-refractivity contribution in [2.45, 2.75) is 31.6 Å². The number of nitro benzene ring substituents is 1. The Balaban J connectivity index is 1.93. The molecule has 8 nitrogen and oxygen atoms in total. The van der Waals surface area contributed by atoms with E-state index in [4.69, 9.17) is 0 Å². The third-order valence-corrected chi connectivity index (χ3v) is 6.80. The molecule has 1 fully saturated rings. The van der Waals surface area contributed by atoms with E-state index < -0.39 is 20.9 Å². The van der Waals surface area contributed by atoms with Crippen LogP contribution < -0.4 is 5.32 Å². The number of sulfonamides is 1. The van der Waals surface area contributed by atoms with E-state index in [2.05, 4.69) is 5.32 Å². The standard InChI is InChI=1S/C19H21N3O5S/c1-13-8-9-15(28(26,27)21-10-3-4-11-21)12-16(13)19(23)20-17-6-5-7-18(14(17)2)22(24)25/h5-9,12H,3-4,10-11H2,1-2H3,(H,20,23). The Hall–Kier alpha value is -2.78. The molecule has 1 saturated heterocycles. The van der Waals surface area contributed by atoms with E-state index in [0.29, 0.717) is 29.9 Å². The van der Waals surface area contributed by atoms with Gasteiger partial charge in [0.1, 0.15) is 0 Å². The molecule has 0 unspecified atom stereocenters. The SMILES string of the molecule is Cc1ccc(S(=O)(=O)N2CCCC2)cc1C(=O)Nc1cccc([N+](=O)[O-])c1C. The Labute approximate surface area is 163 Å². The fourth-order valence-electron chi connectivity index (χ4n) is 3.23. The van der Waals surface area contributed by atoms with E-state index >= 15 is 0 Å². The minimum absolute atomic E-state index is 0.0703. The lowest BCUT2D eigenvalue weighted by Crippen LogP contribution is -2.28. The molecule has 148 valence electrons. The number of nitro groups is 1. The molecular weight excluding hydrogens is 382 g/mol. The van der Waals surface area contributed by atoms with Gasteiger partial charge in [0.15, 0.2) is 0 Å². The number of nitrogens with zero attached hydrogens (tertiary/aromatic N) is 2. The molecule has 2 aromatic carbocycles. The normalized spacial score (nSPS) is 14.8. The molecule has 2 aromatic rings. The summed E-state index contributed by atoms with van der Waals surface area (Å²) in [4.78, 5) is 23.4. The highest BCUT2D eigenvalue weighted by molar-refractivity contribution is 7.89. The van der Waals surface area contributed by atoms with Crippen LogP contribution in [0.15, 0.2) is 41.3 Å². The van der Waals surface area contributed by atoms with Gasteiger partial charge in [-0.15, -0.1) is 0 Å². The fraction of sp³-hybridized carbons (Fsp3) is 0.316. The summed E-state index contributed by atoms with van der Waals surface area (Å²) in [6, 6.07) is 8.88. The largest absolute Gasteiger partial charge is 0.321 e. The zero-order valence-corrected chi connectivity index (χ0v) is 16.5. The first-order chi connectivity index (χ1) is 13.2.